The van der Waals surface area contributed by atoms with E-state index in [1.807, 2.05) is 6.56 Å². The molecular formula is C46H56Cl2Zr. The predicted octanol–water partition coefficient (Wildman–Crippen LogP) is 6.27. The van der Waals surface area contributed by atoms with Gasteiger partial charge in [0.2, 0.25) is 0 Å². The summed E-state index contributed by atoms with van der Waals surface area (Å²) in [6, 6.07) is 10.4. The van der Waals surface area contributed by atoms with Gasteiger partial charge in [0.05, 0.1) is 0 Å². The van der Waals surface area contributed by atoms with Crippen molar-refractivity contribution in [2.75, 3.05) is 0 Å². The van der Waals surface area contributed by atoms with Gasteiger partial charge in [0.1, 0.15) is 0 Å². The molecule has 0 amide bonds. The van der Waals surface area contributed by atoms with Crippen LogP contribution in [0.2, 0.25) is 0 Å². The zero-order chi connectivity index (χ0) is 32.9. The third-order valence-electron chi connectivity index (χ3n) is 14.5. The molecule has 0 aromatic heterocycles. The van der Waals surface area contributed by atoms with Crippen molar-refractivity contribution in [3.05, 3.63) is 87.5 Å². The van der Waals surface area contributed by atoms with Crippen LogP contribution < -0.4 is 24.8 Å². The summed E-state index contributed by atoms with van der Waals surface area (Å²) >= 11 is -2.34. The van der Waals surface area contributed by atoms with Crippen LogP contribution in [0.25, 0.3) is 22.3 Å². The summed E-state index contributed by atoms with van der Waals surface area (Å²) in [6.45, 7) is 24.9. The van der Waals surface area contributed by atoms with Crippen LogP contribution in [0.3, 0.4) is 0 Å². The number of fused-ring (bicyclic) bond motifs is 5. The van der Waals surface area contributed by atoms with Gasteiger partial charge < -0.3 is 24.8 Å². The van der Waals surface area contributed by atoms with E-state index in [9.17, 15) is 0 Å². The van der Waals surface area contributed by atoms with E-state index in [-0.39, 0.29) is 35.6 Å². The topological polar surface area (TPSA) is 0 Å². The Labute approximate surface area is 317 Å². The fourth-order valence-corrected chi connectivity index (χ4v) is 22.1. The number of rotatable bonds is 4. The van der Waals surface area contributed by atoms with Gasteiger partial charge in [-0.2, -0.15) is 0 Å². The van der Waals surface area contributed by atoms with Crippen molar-refractivity contribution in [1.29, 1.82) is 0 Å². The Hall–Kier alpha value is -1.27. The predicted molar refractivity (Wildman–Crippen MR) is 199 cm³/mol. The Balaban J connectivity index is 0.00000189. The number of hydrogen-bond donors (Lipinski definition) is 0. The molecule has 0 nitrogen and oxygen atoms in total. The van der Waals surface area contributed by atoms with Crippen LogP contribution in [0.1, 0.15) is 148 Å². The molecule has 2 aromatic carbocycles. The molecule has 4 saturated carbocycles. The van der Waals surface area contributed by atoms with Crippen LogP contribution in [0.4, 0.5) is 0 Å². The molecule has 0 spiro atoms. The van der Waals surface area contributed by atoms with Gasteiger partial charge in [0.25, 0.3) is 0 Å². The Morgan fingerprint density at radius 1 is 0.735 bits per heavy atom. The van der Waals surface area contributed by atoms with Crippen molar-refractivity contribution >= 4 is 14.4 Å². The smallest absolute Gasteiger partial charge is 1.00 e. The van der Waals surface area contributed by atoms with Gasteiger partial charge in [-0.05, 0) is 0 Å². The molecule has 258 valence electrons. The Morgan fingerprint density at radius 3 is 1.86 bits per heavy atom. The van der Waals surface area contributed by atoms with E-state index < -0.39 is 21.3 Å². The largest absolute Gasteiger partial charge is 1.00 e. The van der Waals surface area contributed by atoms with E-state index in [0.29, 0.717) is 11.3 Å². The van der Waals surface area contributed by atoms with Crippen molar-refractivity contribution < 1.29 is 46.1 Å². The van der Waals surface area contributed by atoms with Crippen molar-refractivity contribution in [2.24, 2.45) is 29.1 Å². The zero-order valence-electron chi connectivity index (χ0n) is 31.7. The molecule has 1 unspecified atom stereocenters. The average molecular weight is 771 g/mol. The first-order chi connectivity index (χ1) is 22.2. The van der Waals surface area contributed by atoms with Gasteiger partial charge in [0.15, 0.2) is 0 Å². The maximum atomic E-state index is 2.76. The second kappa shape index (κ2) is 11.9. The molecule has 8 aliphatic rings. The number of benzene rings is 2. The number of hydrogen-bond acceptors (Lipinski definition) is 0. The standard InChI is InChI=1S/C25H25.C18H25.C3H6.2ClH.Zr/c1-14-12-24(3,4)22-8-16-7-17-9-23-19(15(2)13-25(23,5)6)11-21(17)20(16)10-18(14)22;1-12-3-13(2)17(4-12)11-18-8-14-5-15(9-18)7-16(6-14)10-18;1-3-2;;;/h8-12H,7H2,1-6H3;4,12,14-16H,5-11H2,1-2H3;1-2H3;2*1H;/q;;;;;+2/p-2. The van der Waals surface area contributed by atoms with Gasteiger partial charge in [-0.1, -0.05) is 0 Å². The number of halogens is 2. The molecule has 1 atom stereocenters. The first kappa shape index (κ1) is 36.1. The van der Waals surface area contributed by atoms with Crippen LogP contribution in [0.15, 0.2) is 54.1 Å². The summed E-state index contributed by atoms with van der Waals surface area (Å²) < 4.78 is 5.52. The van der Waals surface area contributed by atoms with Crippen LogP contribution in [0.5, 0.6) is 0 Å². The first-order valence-electron chi connectivity index (χ1n) is 19.0. The summed E-state index contributed by atoms with van der Waals surface area (Å²) in [5.74, 6) is 3.71. The molecule has 3 heteroatoms. The molecule has 4 fully saturated rings. The average Bonchev–Trinajstić information content (AvgIpc) is 3.59. The molecule has 4 bridgehead atoms. The maximum Gasteiger partial charge on any atom is -1.00 e. The Bertz CT molecular complexity index is 1930. The van der Waals surface area contributed by atoms with Gasteiger partial charge in [-0.3, -0.25) is 0 Å². The summed E-state index contributed by atoms with van der Waals surface area (Å²) in [6.07, 6.45) is 16.9. The first-order valence-corrected chi connectivity index (χ1v) is 22.7. The van der Waals surface area contributed by atoms with Gasteiger partial charge in [-0.15, -0.1) is 0 Å². The fourth-order valence-electron chi connectivity index (χ4n) is 13.1. The molecule has 2 aromatic rings. The molecule has 0 heterocycles. The summed E-state index contributed by atoms with van der Waals surface area (Å²) in [5.41, 5.74) is 19.6. The second-order valence-corrected chi connectivity index (χ2v) is 25.8. The van der Waals surface area contributed by atoms with E-state index in [2.05, 4.69) is 106 Å². The minimum Gasteiger partial charge on any atom is -1.00 e. The molecule has 0 N–H and O–H groups in total. The third kappa shape index (κ3) is 5.23. The van der Waals surface area contributed by atoms with Gasteiger partial charge in [0, 0.05) is 0 Å². The van der Waals surface area contributed by atoms with E-state index in [1.54, 1.807) is 55.9 Å². The van der Waals surface area contributed by atoms with Crippen molar-refractivity contribution in [2.45, 2.75) is 131 Å². The maximum absolute atomic E-state index is 2.76. The van der Waals surface area contributed by atoms with Crippen LogP contribution in [-0.4, -0.2) is 3.21 Å². The second-order valence-electron chi connectivity index (χ2n) is 18.9. The van der Waals surface area contributed by atoms with E-state index >= 15 is 0 Å². The van der Waals surface area contributed by atoms with Crippen LogP contribution >= 0.6 is 0 Å². The normalized spacial score (nSPS) is 30.1. The van der Waals surface area contributed by atoms with E-state index in [1.165, 1.54) is 59.1 Å². The van der Waals surface area contributed by atoms with Crippen molar-refractivity contribution in [3.63, 3.8) is 0 Å². The summed E-state index contributed by atoms with van der Waals surface area (Å²) in [5, 5.41) is 0. The zero-order valence-corrected chi connectivity index (χ0v) is 35.7. The molecule has 8 aliphatic carbocycles. The molecule has 0 radical (unpaired) electrons. The molecule has 10 rings (SSSR count). The van der Waals surface area contributed by atoms with E-state index in [4.69, 9.17) is 0 Å². The molecular weight excluding hydrogens is 715 g/mol. The number of allylic oxidation sites excluding steroid dienone is 8. The monoisotopic (exact) mass is 768 g/mol. The SMILES string of the molecule is CC1=CC(C)(C)c2cc3c(cc21)-c1cc2c(cc1C3)C(C)(C)[C]([Zr+2]([C]1=C(C)C(CC34CC5CC(CC(C5)C3)C4)=CC1C)=[C](C)C)=C2C.[Cl-].[Cl-]. The molecule has 0 aliphatic heterocycles. The quantitative estimate of drug-likeness (QED) is 0.294. The summed E-state index contributed by atoms with van der Waals surface area (Å²) in [4.78, 5) is 0. The van der Waals surface area contributed by atoms with Crippen molar-refractivity contribution in [1.82, 2.24) is 0 Å². The van der Waals surface area contributed by atoms with Gasteiger partial charge >= 0.3 is 295 Å². The van der Waals surface area contributed by atoms with E-state index in [0.717, 1.165) is 24.2 Å². The van der Waals surface area contributed by atoms with Crippen molar-refractivity contribution in [3.8, 4) is 11.1 Å². The minimum absolute atomic E-state index is 0. The summed E-state index contributed by atoms with van der Waals surface area (Å²) in [7, 11) is 0. The van der Waals surface area contributed by atoms with Gasteiger partial charge in [-0.25, -0.2) is 0 Å². The third-order valence-corrected chi connectivity index (χ3v) is 24.0. The molecule has 49 heavy (non-hydrogen) atoms. The Morgan fingerprint density at radius 2 is 1.29 bits per heavy atom. The fraction of sp³-hybridized carbons (Fsp3) is 0.543. The molecule has 0 saturated heterocycles. The minimum atomic E-state index is -2.34. The van der Waals surface area contributed by atoms with Crippen LogP contribution in [0, 0.1) is 29.1 Å². The van der Waals surface area contributed by atoms with Crippen LogP contribution in [-0.2, 0) is 38.5 Å². The Kier molecular flexibility index (Phi) is 8.75.